The first-order valence-corrected chi connectivity index (χ1v) is 13.9. The van der Waals surface area contributed by atoms with Gasteiger partial charge in [-0.05, 0) is 61.2 Å². The molecule has 2 heterocycles. The van der Waals surface area contributed by atoms with Crippen molar-refractivity contribution in [1.29, 1.82) is 0 Å². The number of esters is 1. The fourth-order valence-electron chi connectivity index (χ4n) is 4.97. The van der Waals surface area contributed by atoms with Crippen LogP contribution in [0, 0.1) is 13.8 Å². The lowest BCUT2D eigenvalue weighted by molar-refractivity contribution is -0.164. The van der Waals surface area contributed by atoms with E-state index >= 15 is 0 Å². The lowest BCUT2D eigenvalue weighted by Gasteiger charge is -2.35. The van der Waals surface area contributed by atoms with Crippen LogP contribution in [0.4, 0.5) is 10.5 Å². The quantitative estimate of drug-likeness (QED) is 0.165. The number of fused-ring (bicyclic) bond motifs is 1. The van der Waals surface area contributed by atoms with Gasteiger partial charge in [0.25, 0.3) is 11.5 Å². The Balaban J connectivity index is 1.45. The first-order chi connectivity index (χ1) is 20.6. The third-order valence-corrected chi connectivity index (χ3v) is 7.66. The van der Waals surface area contributed by atoms with E-state index in [4.69, 9.17) is 16.3 Å². The van der Waals surface area contributed by atoms with E-state index in [1.807, 2.05) is 13.0 Å². The van der Waals surface area contributed by atoms with Gasteiger partial charge >= 0.3 is 12.0 Å². The van der Waals surface area contributed by atoms with Crippen LogP contribution in [0.1, 0.15) is 35.4 Å². The second-order valence-electron chi connectivity index (χ2n) is 10.2. The Morgan fingerprint density at radius 2 is 1.79 bits per heavy atom. The molecular weight excluding hydrogens is 574 g/mol. The summed E-state index contributed by atoms with van der Waals surface area (Å²) in [5.41, 5.74) is 0.179. The minimum absolute atomic E-state index is 0.0634. The number of hydrogen-bond donors (Lipinski definition) is 3. The SMILES string of the molecule is Cc1ccc(NC(=O)NCc2ccc3nc(C)n([C@@]4(C(=O)OCc5ccccc5)CCC(=O)NC4=O)c(=O)c3c2)cc1Cl. The van der Waals surface area contributed by atoms with Gasteiger partial charge in [-0.25, -0.2) is 14.6 Å². The van der Waals surface area contributed by atoms with Crippen LogP contribution in [-0.2, 0) is 37.8 Å². The van der Waals surface area contributed by atoms with E-state index in [-0.39, 0.29) is 37.2 Å². The minimum Gasteiger partial charge on any atom is -0.459 e. The van der Waals surface area contributed by atoms with Crippen LogP contribution in [0.15, 0.2) is 71.5 Å². The molecule has 0 aliphatic carbocycles. The Morgan fingerprint density at radius 3 is 2.51 bits per heavy atom. The molecule has 1 aliphatic rings. The lowest BCUT2D eigenvalue weighted by atomic mass is 9.87. The summed E-state index contributed by atoms with van der Waals surface area (Å²) in [6.45, 7) is 3.29. The molecular formula is C31H28ClN5O6. The lowest BCUT2D eigenvalue weighted by Crippen LogP contribution is -2.62. The maximum absolute atomic E-state index is 14.0. The number of ether oxygens (including phenoxy) is 1. The van der Waals surface area contributed by atoms with Crippen molar-refractivity contribution in [2.24, 2.45) is 0 Å². The van der Waals surface area contributed by atoms with Crippen LogP contribution in [-0.4, -0.2) is 33.4 Å². The number of aromatic nitrogens is 2. The number of nitrogens with one attached hydrogen (secondary N) is 3. The molecule has 0 saturated carbocycles. The van der Waals surface area contributed by atoms with Crippen molar-refractivity contribution < 1.29 is 23.9 Å². The number of halogens is 1. The van der Waals surface area contributed by atoms with Crippen LogP contribution in [0.5, 0.6) is 0 Å². The molecule has 12 heteroatoms. The van der Waals surface area contributed by atoms with E-state index in [1.165, 1.54) is 6.92 Å². The smallest absolute Gasteiger partial charge is 0.342 e. The Labute approximate surface area is 251 Å². The van der Waals surface area contributed by atoms with E-state index < -0.39 is 34.9 Å². The van der Waals surface area contributed by atoms with E-state index in [0.717, 1.165) is 10.1 Å². The van der Waals surface area contributed by atoms with Crippen molar-refractivity contribution in [2.45, 2.75) is 45.4 Å². The zero-order valence-electron chi connectivity index (χ0n) is 23.4. The van der Waals surface area contributed by atoms with Crippen LogP contribution in [0.2, 0.25) is 5.02 Å². The highest BCUT2D eigenvalue weighted by atomic mass is 35.5. The highest BCUT2D eigenvalue weighted by Crippen LogP contribution is 2.30. The monoisotopic (exact) mass is 601 g/mol. The number of piperidine rings is 1. The third-order valence-electron chi connectivity index (χ3n) is 7.26. The van der Waals surface area contributed by atoms with Gasteiger partial charge in [0, 0.05) is 23.7 Å². The number of rotatable bonds is 7. The number of carbonyl (C=O) groups is 4. The molecule has 43 heavy (non-hydrogen) atoms. The topological polar surface area (TPSA) is 148 Å². The summed E-state index contributed by atoms with van der Waals surface area (Å²) in [6, 6.07) is 18.4. The summed E-state index contributed by atoms with van der Waals surface area (Å²) in [6.07, 6.45) is -0.453. The van der Waals surface area contributed by atoms with Crippen molar-refractivity contribution in [2.75, 3.05) is 5.32 Å². The molecule has 0 unspecified atom stereocenters. The summed E-state index contributed by atoms with van der Waals surface area (Å²) < 4.78 is 6.55. The summed E-state index contributed by atoms with van der Waals surface area (Å²) in [7, 11) is 0. The van der Waals surface area contributed by atoms with E-state index in [2.05, 4.69) is 20.9 Å². The predicted octanol–water partition coefficient (Wildman–Crippen LogP) is 3.86. The number of amides is 4. The molecule has 0 bridgehead atoms. The van der Waals surface area contributed by atoms with Gasteiger partial charge in [0.05, 0.1) is 10.9 Å². The molecule has 5 rings (SSSR count). The molecule has 3 N–H and O–H groups in total. The first-order valence-electron chi connectivity index (χ1n) is 13.5. The normalized spacial score (nSPS) is 16.4. The molecule has 3 aromatic carbocycles. The zero-order valence-corrected chi connectivity index (χ0v) is 24.2. The molecule has 4 aromatic rings. The minimum atomic E-state index is -2.14. The van der Waals surface area contributed by atoms with E-state index in [1.54, 1.807) is 60.7 Å². The predicted molar refractivity (Wildman–Crippen MR) is 159 cm³/mol. The van der Waals surface area contributed by atoms with Gasteiger partial charge in [-0.3, -0.25) is 24.3 Å². The number of anilines is 1. The summed E-state index contributed by atoms with van der Waals surface area (Å²) in [5.74, 6) is -2.39. The van der Waals surface area contributed by atoms with Gasteiger partial charge in [0.15, 0.2) is 0 Å². The molecule has 1 atom stereocenters. The van der Waals surface area contributed by atoms with Crippen molar-refractivity contribution >= 4 is 52.0 Å². The highest BCUT2D eigenvalue weighted by Gasteiger charge is 2.54. The van der Waals surface area contributed by atoms with Gasteiger partial charge in [-0.15, -0.1) is 0 Å². The second-order valence-corrected chi connectivity index (χ2v) is 10.6. The molecule has 220 valence electrons. The number of benzene rings is 3. The highest BCUT2D eigenvalue weighted by molar-refractivity contribution is 6.31. The number of carbonyl (C=O) groups excluding carboxylic acids is 4. The van der Waals surface area contributed by atoms with E-state index in [0.29, 0.717) is 27.4 Å². The molecule has 1 aliphatic heterocycles. The summed E-state index contributed by atoms with van der Waals surface area (Å²) >= 11 is 6.13. The Bertz CT molecular complexity index is 1820. The van der Waals surface area contributed by atoms with Crippen molar-refractivity contribution in [3.63, 3.8) is 0 Å². The maximum Gasteiger partial charge on any atom is 0.342 e. The van der Waals surface area contributed by atoms with Crippen molar-refractivity contribution in [1.82, 2.24) is 20.2 Å². The number of imide groups is 1. The fourth-order valence-corrected chi connectivity index (χ4v) is 5.15. The largest absolute Gasteiger partial charge is 0.459 e. The second kappa shape index (κ2) is 12.1. The summed E-state index contributed by atoms with van der Waals surface area (Å²) in [5, 5.41) is 8.26. The molecule has 4 amide bonds. The Kier molecular flexibility index (Phi) is 8.27. The fraction of sp³-hybridized carbons (Fsp3) is 0.226. The van der Waals surface area contributed by atoms with Gasteiger partial charge in [-0.2, -0.15) is 0 Å². The molecule has 0 radical (unpaired) electrons. The number of nitrogens with zero attached hydrogens (tertiary/aromatic N) is 2. The van der Waals surface area contributed by atoms with Gasteiger partial charge in [-0.1, -0.05) is 54.1 Å². The number of hydrogen-bond acceptors (Lipinski definition) is 7. The number of aryl methyl sites for hydroxylation is 2. The van der Waals surface area contributed by atoms with Crippen molar-refractivity contribution in [3.05, 3.63) is 105 Å². The zero-order chi connectivity index (χ0) is 30.7. The Hall–Kier alpha value is -5.03. The third kappa shape index (κ3) is 5.98. The van der Waals surface area contributed by atoms with E-state index in [9.17, 15) is 24.0 Å². The van der Waals surface area contributed by atoms with Gasteiger partial charge < -0.3 is 15.4 Å². The standard InChI is InChI=1S/C31H28ClN5O6/c1-18-8-10-22(15-24(18)32)35-30(42)33-16-21-9-11-25-23(14-21)27(39)37(19(2)34-25)31(13-12-26(38)36-28(31)40)29(41)43-17-20-6-4-3-5-7-20/h3-11,14-15H,12-13,16-17H2,1-2H3,(H2,33,35,42)(H,36,38,40)/t31-/m0/s1. The molecule has 1 saturated heterocycles. The van der Waals surface area contributed by atoms with Crippen LogP contribution < -0.4 is 21.5 Å². The molecule has 11 nitrogen and oxygen atoms in total. The molecule has 1 aromatic heterocycles. The van der Waals surface area contributed by atoms with Crippen molar-refractivity contribution in [3.8, 4) is 0 Å². The van der Waals surface area contributed by atoms with Crippen LogP contribution in [0.3, 0.4) is 0 Å². The summed E-state index contributed by atoms with van der Waals surface area (Å²) in [4.78, 5) is 70.1. The van der Waals surface area contributed by atoms with Gasteiger partial charge in [0.2, 0.25) is 11.4 Å². The maximum atomic E-state index is 14.0. The van der Waals surface area contributed by atoms with Crippen LogP contribution >= 0.6 is 11.6 Å². The average molecular weight is 602 g/mol. The van der Waals surface area contributed by atoms with Crippen LogP contribution in [0.25, 0.3) is 10.9 Å². The Morgan fingerprint density at radius 1 is 1.02 bits per heavy atom. The first kappa shape index (κ1) is 29.5. The number of urea groups is 1. The van der Waals surface area contributed by atoms with Gasteiger partial charge in [0.1, 0.15) is 12.4 Å². The molecule has 1 fully saturated rings. The average Bonchev–Trinajstić information content (AvgIpc) is 2.98. The molecule has 0 spiro atoms.